The lowest BCUT2D eigenvalue weighted by molar-refractivity contribution is 0.382. The van der Waals surface area contributed by atoms with Crippen LogP contribution in [0.4, 0.5) is 5.69 Å². The predicted molar refractivity (Wildman–Crippen MR) is 81.4 cm³/mol. The highest BCUT2D eigenvalue weighted by Crippen LogP contribution is 2.22. The number of nitrogens with zero attached hydrogens (tertiary/aromatic N) is 2. The lowest BCUT2D eigenvalue weighted by Gasteiger charge is -2.37. The highest BCUT2D eigenvalue weighted by Gasteiger charge is 2.19. The van der Waals surface area contributed by atoms with Gasteiger partial charge in [0.15, 0.2) is 5.11 Å². The number of piperazine rings is 1. The third kappa shape index (κ3) is 2.75. The molecule has 0 bridgehead atoms. The first-order chi connectivity index (χ1) is 8.61. The Balaban J connectivity index is 2.05. The van der Waals surface area contributed by atoms with E-state index >= 15 is 0 Å². The van der Waals surface area contributed by atoms with Crippen LogP contribution < -0.4 is 10.2 Å². The van der Waals surface area contributed by atoms with Crippen LogP contribution in [0.2, 0.25) is 0 Å². The summed E-state index contributed by atoms with van der Waals surface area (Å²) in [5.74, 6) is 0. The first-order valence-electron chi connectivity index (χ1n) is 6.40. The maximum Gasteiger partial charge on any atom is 0.168 e. The van der Waals surface area contributed by atoms with E-state index in [4.69, 9.17) is 12.2 Å². The smallest absolute Gasteiger partial charge is 0.168 e. The Morgan fingerprint density at radius 1 is 1.17 bits per heavy atom. The number of thiocarbonyl (C=S) groups is 1. The van der Waals surface area contributed by atoms with E-state index in [-0.39, 0.29) is 0 Å². The Bertz CT molecular complexity index is 437. The van der Waals surface area contributed by atoms with Crippen LogP contribution in [0.5, 0.6) is 0 Å². The SMILES string of the molecule is CNC(=S)N1CCN(c2cc(C)ccc2C)CC1. The molecule has 0 spiro atoms. The van der Waals surface area contributed by atoms with Crippen molar-refractivity contribution in [2.24, 2.45) is 0 Å². The Morgan fingerprint density at radius 3 is 2.44 bits per heavy atom. The molecule has 1 saturated heterocycles. The van der Waals surface area contributed by atoms with E-state index in [2.05, 4.69) is 47.2 Å². The average molecular weight is 263 g/mol. The van der Waals surface area contributed by atoms with Crippen LogP contribution in [0.3, 0.4) is 0 Å². The van der Waals surface area contributed by atoms with Gasteiger partial charge >= 0.3 is 0 Å². The molecule has 1 heterocycles. The molecule has 0 radical (unpaired) electrons. The van der Waals surface area contributed by atoms with Crippen molar-refractivity contribution in [3.05, 3.63) is 29.3 Å². The molecule has 1 aliphatic heterocycles. The zero-order valence-corrected chi connectivity index (χ0v) is 12.2. The summed E-state index contributed by atoms with van der Waals surface area (Å²) in [6.07, 6.45) is 0. The molecule has 98 valence electrons. The molecule has 0 amide bonds. The van der Waals surface area contributed by atoms with Crippen LogP contribution in [-0.2, 0) is 0 Å². The van der Waals surface area contributed by atoms with Gasteiger partial charge < -0.3 is 15.1 Å². The van der Waals surface area contributed by atoms with Gasteiger partial charge in [0.2, 0.25) is 0 Å². The minimum atomic E-state index is 0.857. The summed E-state index contributed by atoms with van der Waals surface area (Å²) >= 11 is 5.27. The Hall–Kier alpha value is -1.29. The number of rotatable bonds is 1. The maximum absolute atomic E-state index is 5.27. The number of hydrogen-bond acceptors (Lipinski definition) is 2. The molecular formula is C14H21N3S. The van der Waals surface area contributed by atoms with Gasteiger partial charge in [-0.2, -0.15) is 0 Å². The topological polar surface area (TPSA) is 18.5 Å². The summed E-state index contributed by atoms with van der Waals surface area (Å²) in [6.45, 7) is 8.38. The highest BCUT2D eigenvalue weighted by atomic mass is 32.1. The number of hydrogen-bond donors (Lipinski definition) is 1. The zero-order chi connectivity index (χ0) is 13.1. The second-order valence-electron chi connectivity index (χ2n) is 4.82. The van der Waals surface area contributed by atoms with Crippen molar-refractivity contribution in [3.8, 4) is 0 Å². The van der Waals surface area contributed by atoms with Gasteiger partial charge in [-0.15, -0.1) is 0 Å². The molecule has 0 aliphatic carbocycles. The van der Waals surface area contributed by atoms with E-state index in [1.165, 1.54) is 16.8 Å². The number of anilines is 1. The van der Waals surface area contributed by atoms with Crippen LogP contribution in [0.15, 0.2) is 18.2 Å². The molecule has 1 N–H and O–H groups in total. The molecule has 0 unspecified atom stereocenters. The third-order valence-electron chi connectivity index (χ3n) is 3.49. The van der Waals surface area contributed by atoms with Crippen molar-refractivity contribution in [1.29, 1.82) is 0 Å². The van der Waals surface area contributed by atoms with Crippen molar-refractivity contribution >= 4 is 23.0 Å². The van der Waals surface area contributed by atoms with E-state index in [1.54, 1.807) is 0 Å². The minimum Gasteiger partial charge on any atom is -0.368 e. The van der Waals surface area contributed by atoms with Gasteiger partial charge in [0.1, 0.15) is 0 Å². The Kier molecular flexibility index (Phi) is 4.07. The van der Waals surface area contributed by atoms with Crippen molar-refractivity contribution < 1.29 is 0 Å². The van der Waals surface area contributed by atoms with E-state index in [1.807, 2.05) is 7.05 Å². The van der Waals surface area contributed by atoms with Gasteiger partial charge in [-0.1, -0.05) is 12.1 Å². The largest absolute Gasteiger partial charge is 0.368 e. The van der Waals surface area contributed by atoms with Crippen LogP contribution in [0.25, 0.3) is 0 Å². The summed E-state index contributed by atoms with van der Waals surface area (Å²) < 4.78 is 0. The number of nitrogens with one attached hydrogen (secondary N) is 1. The average Bonchev–Trinajstić information content (AvgIpc) is 2.41. The number of aryl methyl sites for hydroxylation is 2. The second kappa shape index (κ2) is 5.57. The molecule has 2 rings (SSSR count). The van der Waals surface area contributed by atoms with Gasteiger partial charge in [-0.25, -0.2) is 0 Å². The maximum atomic E-state index is 5.27. The summed E-state index contributed by atoms with van der Waals surface area (Å²) in [7, 11) is 1.89. The van der Waals surface area contributed by atoms with Crippen molar-refractivity contribution in [2.45, 2.75) is 13.8 Å². The predicted octanol–water partition coefficient (Wildman–Crippen LogP) is 1.93. The second-order valence-corrected chi connectivity index (χ2v) is 5.21. The lowest BCUT2D eigenvalue weighted by atomic mass is 10.1. The van der Waals surface area contributed by atoms with Crippen LogP contribution in [0, 0.1) is 13.8 Å². The molecule has 1 aromatic rings. The van der Waals surface area contributed by atoms with E-state index in [0.717, 1.165) is 31.3 Å². The third-order valence-corrected chi connectivity index (χ3v) is 3.95. The summed E-state index contributed by atoms with van der Waals surface area (Å²) in [5.41, 5.74) is 4.04. The molecule has 1 aliphatic rings. The summed E-state index contributed by atoms with van der Waals surface area (Å²) in [4.78, 5) is 4.69. The van der Waals surface area contributed by atoms with Crippen molar-refractivity contribution in [1.82, 2.24) is 10.2 Å². The molecule has 0 saturated carbocycles. The molecular weight excluding hydrogens is 242 g/mol. The fourth-order valence-corrected chi connectivity index (χ4v) is 2.55. The van der Waals surface area contributed by atoms with Gasteiger partial charge in [0.05, 0.1) is 0 Å². The van der Waals surface area contributed by atoms with Crippen molar-refractivity contribution in [3.63, 3.8) is 0 Å². The quantitative estimate of drug-likeness (QED) is 0.780. The minimum absolute atomic E-state index is 0.857. The monoisotopic (exact) mass is 263 g/mol. The normalized spacial score (nSPS) is 15.7. The summed E-state index contributed by atoms with van der Waals surface area (Å²) in [5, 5.41) is 3.91. The standard InChI is InChI=1S/C14H21N3S/c1-11-4-5-12(2)13(10-11)16-6-8-17(9-7-16)14(18)15-3/h4-5,10H,6-9H2,1-3H3,(H,15,18). The van der Waals surface area contributed by atoms with Gasteiger partial charge in [0.25, 0.3) is 0 Å². The molecule has 0 atom stereocenters. The molecule has 0 aromatic heterocycles. The molecule has 4 heteroatoms. The fraction of sp³-hybridized carbons (Fsp3) is 0.500. The first kappa shape index (κ1) is 13.1. The van der Waals surface area contributed by atoms with Gasteiger partial charge in [0, 0.05) is 38.9 Å². The lowest BCUT2D eigenvalue weighted by Crippen LogP contribution is -2.51. The van der Waals surface area contributed by atoms with Gasteiger partial charge in [-0.3, -0.25) is 0 Å². The first-order valence-corrected chi connectivity index (χ1v) is 6.81. The highest BCUT2D eigenvalue weighted by molar-refractivity contribution is 7.80. The van der Waals surface area contributed by atoms with E-state index in [0.29, 0.717) is 0 Å². The van der Waals surface area contributed by atoms with Crippen LogP contribution in [-0.4, -0.2) is 43.2 Å². The number of benzene rings is 1. The molecule has 3 nitrogen and oxygen atoms in total. The molecule has 18 heavy (non-hydrogen) atoms. The Labute approximate surface area is 115 Å². The summed E-state index contributed by atoms with van der Waals surface area (Å²) in [6, 6.07) is 6.65. The molecule has 1 aromatic carbocycles. The van der Waals surface area contributed by atoms with E-state index < -0.39 is 0 Å². The van der Waals surface area contributed by atoms with Crippen LogP contribution in [0.1, 0.15) is 11.1 Å². The fourth-order valence-electron chi connectivity index (χ4n) is 2.37. The Morgan fingerprint density at radius 2 is 1.83 bits per heavy atom. The van der Waals surface area contributed by atoms with E-state index in [9.17, 15) is 0 Å². The van der Waals surface area contributed by atoms with Crippen molar-refractivity contribution in [2.75, 3.05) is 38.1 Å². The molecule has 1 fully saturated rings. The van der Waals surface area contributed by atoms with Crippen LogP contribution >= 0.6 is 12.2 Å². The zero-order valence-electron chi connectivity index (χ0n) is 11.4. The van der Waals surface area contributed by atoms with Gasteiger partial charge in [-0.05, 0) is 43.3 Å².